The van der Waals surface area contributed by atoms with Crippen molar-refractivity contribution < 1.29 is 22.7 Å². The second-order valence-electron chi connectivity index (χ2n) is 8.59. The van der Waals surface area contributed by atoms with E-state index in [-0.39, 0.29) is 29.7 Å². The SMILES string of the molecule is CC(C)CC(C)(N)COc1ccc(-c2ccnc3c2C(=O)N(C)C3)cc1C(F)(F)F. The summed E-state index contributed by atoms with van der Waals surface area (Å²) in [6, 6.07) is 5.40. The van der Waals surface area contributed by atoms with Crippen molar-refractivity contribution in [2.45, 2.75) is 45.5 Å². The van der Waals surface area contributed by atoms with Gasteiger partial charge in [-0.2, -0.15) is 13.2 Å². The van der Waals surface area contributed by atoms with E-state index in [0.29, 0.717) is 29.8 Å². The van der Waals surface area contributed by atoms with Crippen LogP contribution in [0.1, 0.15) is 48.8 Å². The molecule has 1 aromatic heterocycles. The predicted octanol–water partition coefficient (Wildman–Crippen LogP) is 4.50. The monoisotopic (exact) mass is 421 g/mol. The van der Waals surface area contributed by atoms with E-state index in [1.807, 2.05) is 13.8 Å². The fraction of sp³-hybridized carbons (Fsp3) is 0.455. The van der Waals surface area contributed by atoms with Crippen LogP contribution in [0, 0.1) is 5.92 Å². The summed E-state index contributed by atoms with van der Waals surface area (Å²) in [5.41, 5.74) is 6.14. The van der Waals surface area contributed by atoms with Crippen LogP contribution in [-0.2, 0) is 12.7 Å². The van der Waals surface area contributed by atoms with E-state index in [2.05, 4.69) is 4.98 Å². The molecule has 0 saturated heterocycles. The molecule has 1 unspecified atom stereocenters. The number of hydrogen-bond donors (Lipinski definition) is 1. The van der Waals surface area contributed by atoms with Crippen LogP contribution in [0.15, 0.2) is 30.5 Å². The molecule has 2 aromatic rings. The quantitative estimate of drug-likeness (QED) is 0.746. The maximum atomic E-state index is 13.8. The molecule has 0 spiro atoms. The second kappa shape index (κ2) is 7.91. The number of carbonyl (C=O) groups excluding carboxylic acids is 1. The number of amides is 1. The van der Waals surface area contributed by atoms with Crippen LogP contribution in [-0.4, -0.2) is 35.0 Å². The summed E-state index contributed by atoms with van der Waals surface area (Å²) < 4.78 is 46.9. The minimum Gasteiger partial charge on any atom is -0.491 e. The number of alkyl halides is 3. The van der Waals surface area contributed by atoms with Gasteiger partial charge in [0.1, 0.15) is 12.4 Å². The molecular formula is C22H26F3N3O2. The van der Waals surface area contributed by atoms with E-state index in [4.69, 9.17) is 10.5 Å². The molecule has 162 valence electrons. The van der Waals surface area contributed by atoms with Gasteiger partial charge in [0, 0.05) is 18.8 Å². The average Bonchev–Trinajstić information content (AvgIpc) is 2.92. The Labute approximate surface area is 174 Å². The zero-order chi connectivity index (χ0) is 22.3. The predicted molar refractivity (Wildman–Crippen MR) is 108 cm³/mol. The van der Waals surface area contributed by atoms with Gasteiger partial charge in [-0.3, -0.25) is 9.78 Å². The lowest BCUT2D eigenvalue weighted by molar-refractivity contribution is -0.139. The lowest BCUT2D eigenvalue weighted by Crippen LogP contribution is -2.43. The number of nitrogens with two attached hydrogens (primary N) is 1. The van der Waals surface area contributed by atoms with Crippen LogP contribution < -0.4 is 10.5 Å². The topological polar surface area (TPSA) is 68.5 Å². The first-order valence-corrected chi connectivity index (χ1v) is 9.76. The Morgan fingerprint density at radius 3 is 2.60 bits per heavy atom. The molecule has 8 heteroatoms. The number of aromatic nitrogens is 1. The Bertz CT molecular complexity index is 955. The molecule has 2 heterocycles. The van der Waals surface area contributed by atoms with Crippen LogP contribution in [0.3, 0.4) is 0 Å². The smallest absolute Gasteiger partial charge is 0.419 e. The van der Waals surface area contributed by atoms with Crippen molar-refractivity contribution in [1.82, 2.24) is 9.88 Å². The number of carbonyl (C=O) groups is 1. The molecule has 30 heavy (non-hydrogen) atoms. The Kier molecular flexibility index (Phi) is 5.82. The van der Waals surface area contributed by atoms with Crippen LogP contribution in [0.5, 0.6) is 5.75 Å². The number of pyridine rings is 1. The van der Waals surface area contributed by atoms with Gasteiger partial charge >= 0.3 is 6.18 Å². The third kappa shape index (κ3) is 4.59. The lowest BCUT2D eigenvalue weighted by atomic mass is 9.92. The van der Waals surface area contributed by atoms with Crippen molar-refractivity contribution in [2.24, 2.45) is 11.7 Å². The van der Waals surface area contributed by atoms with Crippen LogP contribution in [0.2, 0.25) is 0 Å². The molecule has 1 amide bonds. The summed E-state index contributed by atoms with van der Waals surface area (Å²) in [5.74, 6) is -0.243. The Balaban J connectivity index is 1.98. The molecule has 3 rings (SSSR count). The normalized spacial score (nSPS) is 16.0. The summed E-state index contributed by atoms with van der Waals surface area (Å²) >= 11 is 0. The van der Waals surface area contributed by atoms with E-state index in [1.54, 1.807) is 20.0 Å². The van der Waals surface area contributed by atoms with Gasteiger partial charge in [0.05, 0.1) is 23.4 Å². The first kappa shape index (κ1) is 22.1. The Hall–Kier alpha value is -2.61. The first-order chi connectivity index (χ1) is 13.9. The molecule has 0 bridgehead atoms. The van der Waals surface area contributed by atoms with Gasteiger partial charge in [0.2, 0.25) is 0 Å². The fourth-order valence-electron chi connectivity index (χ4n) is 3.87. The van der Waals surface area contributed by atoms with E-state index in [9.17, 15) is 18.0 Å². The van der Waals surface area contributed by atoms with E-state index < -0.39 is 17.3 Å². The summed E-state index contributed by atoms with van der Waals surface area (Å²) in [5, 5.41) is 0. The highest BCUT2D eigenvalue weighted by Crippen LogP contribution is 2.40. The molecule has 2 N–H and O–H groups in total. The van der Waals surface area contributed by atoms with Gasteiger partial charge in [-0.1, -0.05) is 19.9 Å². The van der Waals surface area contributed by atoms with E-state index in [1.165, 1.54) is 23.2 Å². The third-order valence-electron chi connectivity index (χ3n) is 5.00. The van der Waals surface area contributed by atoms with Crippen molar-refractivity contribution in [3.05, 3.63) is 47.3 Å². The van der Waals surface area contributed by atoms with E-state index in [0.717, 1.165) is 6.07 Å². The summed E-state index contributed by atoms with van der Waals surface area (Å²) in [6.45, 7) is 6.04. The molecular weight excluding hydrogens is 395 g/mol. The molecule has 1 atom stereocenters. The van der Waals surface area contributed by atoms with Crippen LogP contribution in [0.4, 0.5) is 13.2 Å². The van der Waals surface area contributed by atoms with Crippen LogP contribution >= 0.6 is 0 Å². The summed E-state index contributed by atoms with van der Waals surface area (Å²) in [7, 11) is 1.63. The van der Waals surface area contributed by atoms with Gasteiger partial charge < -0.3 is 15.4 Å². The molecule has 0 radical (unpaired) electrons. The maximum Gasteiger partial charge on any atom is 0.419 e. The zero-order valence-corrected chi connectivity index (χ0v) is 17.5. The molecule has 0 fully saturated rings. The number of halogens is 3. The third-order valence-corrected chi connectivity index (χ3v) is 5.00. The Morgan fingerprint density at radius 2 is 1.97 bits per heavy atom. The van der Waals surface area contributed by atoms with Crippen molar-refractivity contribution in [2.75, 3.05) is 13.7 Å². The fourth-order valence-corrected chi connectivity index (χ4v) is 3.87. The Morgan fingerprint density at radius 1 is 1.27 bits per heavy atom. The first-order valence-electron chi connectivity index (χ1n) is 9.76. The highest BCUT2D eigenvalue weighted by atomic mass is 19.4. The number of rotatable bonds is 6. The van der Waals surface area contributed by atoms with Crippen molar-refractivity contribution in [3.8, 4) is 16.9 Å². The largest absolute Gasteiger partial charge is 0.491 e. The van der Waals surface area contributed by atoms with Crippen LogP contribution in [0.25, 0.3) is 11.1 Å². The minimum absolute atomic E-state index is 0.0401. The minimum atomic E-state index is -4.62. The second-order valence-corrected chi connectivity index (χ2v) is 8.59. The number of hydrogen-bond acceptors (Lipinski definition) is 4. The van der Waals surface area contributed by atoms with Gasteiger partial charge in [0.15, 0.2) is 0 Å². The number of benzene rings is 1. The molecule has 0 saturated carbocycles. The van der Waals surface area contributed by atoms with Crippen molar-refractivity contribution >= 4 is 5.91 Å². The van der Waals surface area contributed by atoms with Gasteiger partial charge in [-0.05, 0) is 48.6 Å². The highest BCUT2D eigenvalue weighted by molar-refractivity contribution is 6.03. The average molecular weight is 421 g/mol. The molecule has 1 aliphatic heterocycles. The number of nitrogens with zero attached hydrogens (tertiary/aromatic N) is 2. The van der Waals surface area contributed by atoms with Gasteiger partial charge in [-0.15, -0.1) is 0 Å². The molecule has 1 aromatic carbocycles. The number of ether oxygens (including phenoxy) is 1. The molecule has 0 aliphatic carbocycles. The standard InChI is InChI=1S/C22H26F3N3O2/c1-13(2)10-21(3,26)12-30-18-6-5-14(9-16(18)22(23,24)25)15-7-8-27-17-11-28(4)20(29)19(15)17/h5-9,13H,10-12,26H2,1-4H3. The number of fused-ring (bicyclic) bond motifs is 1. The molecule has 5 nitrogen and oxygen atoms in total. The zero-order valence-electron chi connectivity index (χ0n) is 17.5. The van der Waals surface area contributed by atoms with Gasteiger partial charge in [-0.25, -0.2) is 0 Å². The van der Waals surface area contributed by atoms with Crippen molar-refractivity contribution in [3.63, 3.8) is 0 Å². The van der Waals surface area contributed by atoms with Crippen molar-refractivity contribution in [1.29, 1.82) is 0 Å². The van der Waals surface area contributed by atoms with Gasteiger partial charge in [0.25, 0.3) is 5.91 Å². The van der Waals surface area contributed by atoms with E-state index >= 15 is 0 Å². The highest BCUT2D eigenvalue weighted by Gasteiger charge is 2.36. The lowest BCUT2D eigenvalue weighted by Gasteiger charge is -2.27. The summed E-state index contributed by atoms with van der Waals surface area (Å²) in [6.07, 6.45) is -2.50. The summed E-state index contributed by atoms with van der Waals surface area (Å²) in [4.78, 5) is 18.1. The maximum absolute atomic E-state index is 13.8. The molecule has 1 aliphatic rings.